The molecule has 0 bridgehead atoms. The molecular formula is C26H24F5N5O4S. The molecular weight excluding hydrogens is 573 g/mol. The van der Waals surface area contributed by atoms with E-state index in [1.54, 1.807) is 0 Å². The second-order valence-corrected chi connectivity index (χ2v) is 11.9. The molecule has 0 radical (unpaired) electrons. The second kappa shape index (κ2) is 11.0. The van der Waals surface area contributed by atoms with Crippen LogP contribution in [0.2, 0.25) is 0 Å². The zero-order valence-corrected chi connectivity index (χ0v) is 22.6. The summed E-state index contributed by atoms with van der Waals surface area (Å²) in [5, 5.41) is 6.16. The Morgan fingerprint density at radius 2 is 1.73 bits per heavy atom. The highest BCUT2D eigenvalue weighted by Gasteiger charge is 2.30. The molecule has 2 heterocycles. The first kappa shape index (κ1) is 29.9. The Bertz CT molecular complexity index is 1680. The number of fused-ring (bicyclic) bond motifs is 1. The lowest BCUT2D eigenvalue weighted by molar-refractivity contribution is -0.137. The van der Waals surface area contributed by atoms with Gasteiger partial charge in [-0.1, -0.05) is 39.0 Å². The first-order chi connectivity index (χ1) is 19.0. The number of halogens is 5. The molecule has 4 rings (SSSR count). The van der Waals surface area contributed by atoms with E-state index in [9.17, 15) is 35.2 Å². The van der Waals surface area contributed by atoms with Crippen molar-refractivity contribution in [2.24, 2.45) is 5.41 Å². The van der Waals surface area contributed by atoms with Crippen LogP contribution in [0.15, 0.2) is 65.7 Å². The van der Waals surface area contributed by atoms with Crippen LogP contribution in [0.5, 0.6) is 5.75 Å². The highest BCUT2D eigenvalue weighted by molar-refractivity contribution is 7.89. The van der Waals surface area contributed by atoms with Crippen molar-refractivity contribution in [2.75, 3.05) is 11.9 Å². The fourth-order valence-electron chi connectivity index (χ4n) is 3.55. The average molecular weight is 598 g/mol. The lowest BCUT2D eigenvalue weighted by atomic mass is 9.98. The molecule has 0 saturated carbocycles. The third-order valence-corrected chi connectivity index (χ3v) is 6.98. The SMILES string of the molecule is CC(C)(C)CNS(=O)(=O)c1cccc(NC(=O)Oc2cnn3c(C(F)F)cc(-c4ccc(C(F)(F)F)cc4)nc23)c1. The Balaban J connectivity index is 1.59. The topological polar surface area (TPSA) is 115 Å². The van der Waals surface area contributed by atoms with Gasteiger partial charge < -0.3 is 4.74 Å². The summed E-state index contributed by atoms with van der Waals surface area (Å²) in [5.41, 5.74) is -2.10. The number of carbonyl (C=O) groups excluding carboxylic acids is 1. The molecule has 2 aromatic heterocycles. The van der Waals surface area contributed by atoms with Gasteiger partial charge in [0.25, 0.3) is 6.43 Å². The van der Waals surface area contributed by atoms with Gasteiger partial charge in [-0.3, -0.25) is 5.32 Å². The van der Waals surface area contributed by atoms with Gasteiger partial charge in [0.1, 0.15) is 5.69 Å². The van der Waals surface area contributed by atoms with Crippen molar-refractivity contribution in [3.05, 3.63) is 72.1 Å². The number of nitrogens with zero attached hydrogens (tertiary/aromatic N) is 3. The van der Waals surface area contributed by atoms with Gasteiger partial charge in [-0.15, -0.1) is 0 Å². The fraction of sp³-hybridized carbons (Fsp3) is 0.269. The molecule has 41 heavy (non-hydrogen) atoms. The molecule has 15 heteroatoms. The number of carbonyl (C=O) groups is 1. The van der Waals surface area contributed by atoms with Crippen molar-refractivity contribution in [2.45, 2.75) is 38.3 Å². The number of aromatic nitrogens is 3. The van der Waals surface area contributed by atoms with Crippen LogP contribution < -0.4 is 14.8 Å². The maximum atomic E-state index is 13.8. The predicted molar refractivity (Wildman–Crippen MR) is 139 cm³/mol. The number of sulfonamides is 1. The van der Waals surface area contributed by atoms with Gasteiger partial charge >= 0.3 is 12.3 Å². The Morgan fingerprint density at radius 1 is 1.05 bits per heavy atom. The minimum atomic E-state index is -4.59. The van der Waals surface area contributed by atoms with Crippen LogP contribution in [0.25, 0.3) is 16.9 Å². The summed E-state index contributed by atoms with van der Waals surface area (Å²) in [6.45, 7) is 5.74. The molecule has 0 unspecified atom stereocenters. The van der Waals surface area contributed by atoms with Crippen molar-refractivity contribution < 1.29 is 39.9 Å². The number of anilines is 1. The quantitative estimate of drug-likeness (QED) is 0.242. The summed E-state index contributed by atoms with van der Waals surface area (Å²) in [6.07, 6.45) is -7.76. The molecule has 0 aliphatic carbocycles. The van der Waals surface area contributed by atoms with Gasteiger partial charge in [0.2, 0.25) is 10.0 Å². The minimum absolute atomic E-state index is 0.0665. The summed E-state index contributed by atoms with van der Waals surface area (Å²) in [7, 11) is -3.88. The zero-order valence-electron chi connectivity index (χ0n) is 21.8. The minimum Gasteiger partial charge on any atom is -0.404 e. The van der Waals surface area contributed by atoms with Crippen molar-refractivity contribution >= 4 is 27.5 Å². The van der Waals surface area contributed by atoms with Gasteiger partial charge in [0.05, 0.1) is 22.3 Å². The Labute approximate surface area is 231 Å². The van der Waals surface area contributed by atoms with Gasteiger partial charge in [0.15, 0.2) is 11.4 Å². The van der Waals surface area contributed by atoms with Gasteiger partial charge in [-0.2, -0.15) is 18.3 Å². The number of hydrogen-bond donors (Lipinski definition) is 2. The van der Waals surface area contributed by atoms with E-state index in [0.29, 0.717) is 0 Å². The first-order valence-electron chi connectivity index (χ1n) is 12.0. The Hall–Kier alpha value is -4.11. The highest BCUT2D eigenvalue weighted by atomic mass is 32.2. The van der Waals surface area contributed by atoms with Crippen LogP contribution in [0, 0.1) is 5.41 Å². The number of benzene rings is 2. The molecule has 0 spiro atoms. The standard InChI is InChI=1S/C26H24F5N5O4S/c1-25(2,3)14-33-41(38,39)18-6-4-5-17(11-18)34-24(37)40-21-13-32-36-20(22(27)28)12-19(35-23(21)36)15-7-9-16(10-8-15)26(29,30)31/h4-13,22,33H,14H2,1-3H3,(H,34,37). The largest absolute Gasteiger partial charge is 0.417 e. The van der Waals surface area contributed by atoms with Crippen molar-refractivity contribution in [3.8, 4) is 17.0 Å². The van der Waals surface area contributed by atoms with E-state index in [0.717, 1.165) is 41.0 Å². The van der Waals surface area contributed by atoms with Crippen LogP contribution in [-0.2, 0) is 16.2 Å². The number of amides is 1. The van der Waals surface area contributed by atoms with Crippen molar-refractivity contribution in [1.82, 2.24) is 19.3 Å². The van der Waals surface area contributed by atoms with Crippen LogP contribution in [0.1, 0.15) is 38.5 Å². The molecule has 2 aromatic carbocycles. The first-order valence-corrected chi connectivity index (χ1v) is 13.4. The third kappa shape index (κ3) is 7.16. The van der Waals surface area contributed by atoms with E-state index in [4.69, 9.17) is 4.74 Å². The molecule has 1 amide bonds. The van der Waals surface area contributed by atoms with E-state index in [-0.39, 0.29) is 45.2 Å². The van der Waals surface area contributed by atoms with E-state index >= 15 is 0 Å². The number of alkyl halides is 5. The summed E-state index contributed by atoms with van der Waals surface area (Å²) in [4.78, 5) is 16.7. The molecule has 0 fully saturated rings. The van der Waals surface area contributed by atoms with Gasteiger partial charge in [-0.25, -0.2) is 36.2 Å². The van der Waals surface area contributed by atoms with Crippen LogP contribution in [0.4, 0.5) is 32.4 Å². The van der Waals surface area contributed by atoms with E-state index < -0.39 is 40.0 Å². The van der Waals surface area contributed by atoms with Gasteiger partial charge in [0, 0.05) is 17.8 Å². The maximum absolute atomic E-state index is 13.8. The Kier molecular flexibility index (Phi) is 8.05. The van der Waals surface area contributed by atoms with Gasteiger partial charge in [-0.05, 0) is 41.8 Å². The fourth-order valence-corrected chi connectivity index (χ4v) is 4.88. The smallest absolute Gasteiger partial charge is 0.404 e. The maximum Gasteiger partial charge on any atom is 0.417 e. The predicted octanol–water partition coefficient (Wildman–Crippen LogP) is 6.29. The second-order valence-electron chi connectivity index (χ2n) is 10.1. The Morgan fingerprint density at radius 3 is 2.34 bits per heavy atom. The van der Waals surface area contributed by atoms with E-state index in [1.165, 1.54) is 24.3 Å². The molecule has 0 saturated heterocycles. The molecule has 0 aliphatic heterocycles. The van der Waals surface area contributed by atoms with Crippen molar-refractivity contribution in [3.63, 3.8) is 0 Å². The molecule has 9 nitrogen and oxygen atoms in total. The summed E-state index contributed by atoms with van der Waals surface area (Å²) >= 11 is 0. The van der Waals surface area contributed by atoms with Crippen molar-refractivity contribution in [1.29, 1.82) is 0 Å². The van der Waals surface area contributed by atoms with Crippen LogP contribution >= 0.6 is 0 Å². The van der Waals surface area contributed by atoms with E-state index in [1.807, 2.05) is 20.8 Å². The molecule has 2 N–H and O–H groups in total. The van der Waals surface area contributed by atoms with Crippen LogP contribution in [-0.4, -0.2) is 35.7 Å². The average Bonchev–Trinajstić information content (AvgIpc) is 3.28. The molecule has 0 aliphatic rings. The molecule has 0 atom stereocenters. The molecule has 218 valence electrons. The monoisotopic (exact) mass is 597 g/mol. The number of rotatable bonds is 7. The van der Waals surface area contributed by atoms with E-state index in [2.05, 4.69) is 20.1 Å². The lowest BCUT2D eigenvalue weighted by Gasteiger charge is -2.19. The number of hydrogen-bond acceptors (Lipinski definition) is 6. The summed E-state index contributed by atoms with van der Waals surface area (Å²) in [5.74, 6) is -0.325. The summed E-state index contributed by atoms with van der Waals surface area (Å²) < 4.78 is 100. The summed E-state index contributed by atoms with van der Waals surface area (Å²) in [6, 6.07) is 10.1. The lowest BCUT2D eigenvalue weighted by Crippen LogP contribution is -2.32. The third-order valence-electron chi connectivity index (χ3n) is 5.58. The molecule has 4 aromatic rings. The zero-order chi connectivity index (χ0) is 30.2. The van der Waals surface area contributed by atoms with Crippen LogP contribution in [0.3, 0.4) is 0 Å². The number of ether oxygens (including phenoxy) is 1. The highest BCUT2D eigenvalue weighted by Crippen LogP contribution is 2.33. The number of nitrogens with one attached hydrogen (secondary N) is 2. The normalized spacial score (nSPS) is 12.6.